The fraction of sp³-hybridized carbons (Fsp3) is 0.375. The molecule has 0 spiro atoms. The molecular weight excluding hydrogens is 737 g/mol. The Kier molecular flexibility index (Phi) is 10.1. The summed E-state index contributed by atoms with van der Waals surface area (Å²) < 4.78 is 11.3. The number of nitrogens with one attached hydrogen (secondary N) is 1. The van der Waals surface area contributed by atoms with Crippen molar-refractivity contribution in [2.75, 3.05) is 26.2 Å². The Morgan fingerprint density at radius 2 is 1.69 bits per heavy atom. The number of methoxy groups -OCH3 is 2. The predicted octanol–water partition coefficient (Wildman–Crippen LogP) is 6.35. The second-order valence-electron chi connectivity index (χ2n) is 14.1. The van der Waals surface area contributed by atoms with Crippen LogP contribution in [0.2, 0.25) is 10.0 Å². The minimum Gasteiger partial charge on any atom is -0.508 e. The number of hydrazine groups is 1. The molecule has 2 heterocycles. The largest absolute Gasteiger partial charge is 0.508 e. The number of likely N-dealkylation sites (tertiary alicyclic amines) is 1. The van der Waals surface area contributed by atoms with Gasteiger partial charge in [0.05, 0.1) is 48.1 Å². The number of amides is 4. The Morgan fingerprint density at radius 3 is 2.37 bits per heavy atom. The number of aromatic hydroxyl groups is 1. The van der Waals surface area contributed by atoms with Crippen LogP contribution < -0.4 is 14.9 Å². The van der Waals surface area contributed by atoms with Crippen molar-refractivity contribution in [2.45, 2.75) is 49.9 Å². The number of hydrogen-bond acceptors (Lipinski definition) is 9. The number of benzene rings is 3. The fourth-order valence-corrected chi connectivity index (χ4v) is 9.62. The summed E-state index contributed by atoms with van der Waals surface area (Å²) in [6, 6.07) is 16.3. The number of ether oxygens (including phenoxy) is 2. The zero-order valence-corrected chi connectivity index (χ0v) is 31.1. The predicted molar refractivity (Wildman–Crippen MR) is 198 cm³/mol. The highest BCUT2D eigenvalue weighted by Gasteiger charge is 2.71. The van der Waals surface area contributed by atoms with Crippen LogP contribution in [0.25, 0.3) is 0 Å². The van der Waals surface area contributed by atoms with Crippen molar-refractivity contribution >= 4 is 58.5 Å². The van der Waals surface area contributed by atoms with Crippen molar-refractivity contribution in [3.8, 4) is 17.2 Å². The highest BCUT2D eigenvalue weighted by Crippen LogP contribution is 2.66. The molecule has 4 amide bonds. The monoisotopic (exact) mass is 775 g/mol. The number of fused-ring (bicyclic) bond motifs is 4. The van der Waals surface area contributed by atoms with Gasteiger partial charge in [-0.05, 0) is 79.6 Å². The summed E-state index contributed by atoms with van der Waals surface area (Å²) >= 11 is 12.7. The lowest BCUT2D eigenvalue weighted by molar-refractivity contribution is -0.141. The second-order valence-corrected chi connectivity index (χ2v) is 15.0. The molecule has 0 unspecified atom stereocenters. The molecule has 14 heteroatoms. The average molecular weight is 777 g/mol. The van der Waals surface area contributed by atoms with Gasteiger partial charge < -0.3 is 19.7 Å². The smallest absolute Gasteiger partial charge is 0.303 e. The number of carbonyl (C=O) groups is 5. The van der Waals surface area contributed by atoms with Gasteiger partial charge in [0.15, 0.2) is 0 Å². The highest BCUT2D eigenvalue weighted by molar-refractivity contribution is 6.36. The Bertz CT molecular complexity index is 2070. The number of phenolic OH excluding ortho intramolecular Hbond substituents is 1. The number of imide groups is 2. The molecule has 3 aromatic rings. The van der Waals surface area contributed by atoms with Gasteiger partial charge in [-0.3, -0.25) is 34.3 Å². The van der Waals surface area contributed by atoms with Gasteiger partial charge in [-0.1, -0.05) is 59.5 Å². The average Bonchev–Trinajstić information content (AvgIpc) is 3.52. The summed E-state index contributed by atoms with van der Waals surface area (Å²) in [5, 5.41) is 22.2. The van der Waals surface area contributed by atoms with E-state index in [0.29, 0.717) is 41.2 Å². The van der Waals surface area contributed by atoms with E-state index in [-0.39, 0.29) is 65.4 Å². The maximum Gasteiger partial charge on any atom is 0.303 e. The van der Waals surface area contributed by atoms with Gasteiger partial charge in [-0.25, -0.2) is 0 Å². The van der Waals surface area contributed by atoms with E-state index in [1.165, 1.54) is 31.3 Å². The Morgan fingerprint density at radius 1 is 0.926 bits per heavy atom. The molecule has 3 fully saturated rings. The summed E-state index contributed by atoms with van der Waals surface area (Å²) in [7, 11) is 2.97. The molecule has 2 saturated heterocycles. The van der Waals surface area contributed by atoms with Crippen LogP contribution in [-0.4, -0.2) is 70.5 Å². The molecule has 3 N–H and O–H groups in total. The maximum absolute atomic E-state index is 15.4. The van der Waals surface area contributed by atoms with Gasteiger partial charge >= 0.3 is 5.97 Å². The van der Waals surface area contributed by atoms with E-state index in [0.717, 1.165) is 5.01 Å². The second kappa shape index (κ2) is 14.6. The molecular formula is C40H39Cl2N3O9. The van der Waals surface area contributed by atoms with E-state index >= 15 is 4.79 Å². The zero-order valence-electron chi connectivity index (χ0n) is 29.6. The van der Waals surface area contributed by atoms with Gasteiger partial charge in [-0.15, -0.1) is 0 Å². The fourth-order valence-electron chi connectivity index (χ4n) is 9.17. The van der Waals surface area contributed by atoms with Crippen molar-refractivity contribution in [1.29, 1.82) is 0 Å². The van der Waals surface area contributed by atoms with Crippen molar-refractivity contribution in [3.63, 3.8) is 0 Å². The van der Waals surface area contributed by atoms with E-state index in [1.54, 1.807) is 48.5 Å². The number of halogens is 2. The summed E-state index contributed by atoms with van der Waals surface area (Å²) in [5.74, 6) is -6.39. The Hall–Kier alpha value is -5.07. The normalized spacial score (nSPS) is 25.9. The maximum atomic E-state index is 15.4. The van der Waals surface area contributed by atoms with Crippen LogP contribution in [0.15, 0.2) is 72.3 Å². The van der Waals surface area contributed by atoms with Crippen LogP contribution in [0, 0.1) is 23.7 Å². The zero-order chi connectivity index (χ0) is 38.5. The quantitative estimate of drug-likeness (QED) is 0.107. The van der Waals surface area contributed by atoms with Crippen LogP contribution in [0.1, 0.15) is 55.6 Å². The van der Waals surface area contributed by atoms with Crippen LogP contribution in [0.3, 0.4) is 0 Å². The van der Waals surface area contributed by atoms with E-state index in [1.807, 2.05) is 6.08 Å². The number of nitrogens with zero attached hydrogens (tertiary/aromatic N) is 2. The van der Waals surface area contributed by atoms with E-state index < -0.39 is 52.8 Å². The first-order valence-electron chi connectivity index (χ1n) is 17.8. The number of carboxylic acids is 1. The number of carboxylic acid groups (broad SMARTS) is 1. The van der Waals surface area contributed by atoms with Gasteiger partial charge in [0, 0.05) is 29.5 Å². The molecule has 4 aliphatic rings. The number of carbonyl (C=O) groups excluding carboxylic acids is 4. The lowest BCUT2D eigenvalue weighted by atomic mass is 9.49. The molecule has 282 valence electrons. The first-order valence-corrected chi connectivity index (χ1v) is 18.6. The van der Waals surface area contributed by atoms with Crippen molar-refractivity contribution < 1.29 is 43.7 Å². The van der Waals surface area contributed by atoms with Gasteiger partial charge in [0.25, 0.3) is 11.8 Å². The summed E-state index contributed by atoms with van der Waals surface area (Å²) in [6.07, 6.45) is 3.56. The minimum atomic E-state index is -1.67. The molecule has 3 aromatic carbocycles. The van der Waals surface area contributed by atoms with E-state index in [2.05, 4.69) is 5.43 Å². The van der Waals surface area contributed by atoms with Gasteiger partial charge in [0.1, 0.15) is 17.2 Å². The number of phenols is 1. The SMILES string of the molecule is COc1ccc([C@@]23C(=O)N(Nc4ccc(Cl)cc4Cl)C(=O)[C@@H]2C[C@@H]2C(=CC[C@@H]4C(=O)N(CCCCCC(=O)O)C(=O)[C@@H]42)[C@@H]3c2c(O)cccc2OC)cc1. The van der Waals surface area contributed by atoms with Crippen molar-refractivity contribution in [3.05, 3.63) is 93.5 Å². The Labute approximate surface area is 321 Å². The van der Waals surface area contributed by atoms with Crippen LogP contribution in [-0.2, 0) is 29.4 Å². The van der Waals surface area contributed by atoms with Crippen molar-refractivity contribution in [1.82, 2.24) is 9.91 Å². The molecule has 7 rings (SSSR count). The number of unbranched alkanes of at least 4 members (excludes halogenated alkanes) is 2. The standard InChI is InChI=1S/C40H39Cl2N3O9/c1-53-23-13-10-21(11-14-23)40-27(37(50)45(39(40)52)43-29-17-12-22(41)19-28(29)42)20-26-24(35(40)34-30(46)7-6-8-31(34)54-2)15-16-25-33(26)38(51)44(36(25)49)18-5-3-4-9-32(47)48/h6-8,10-15,17,19,25-27,33,35,43,46H,3-5,9,16,18,20H2,1-2H3,(H,47,48)/t25-,26+,27-,33-,35+,40+/m0/s1. The third-order valence-corrected chi connectivity index (χ3v) is 12.0. The lowest BCUT2D eigenvalue weighted by Crippen LogP contribution is -2.53. The third kappa shape index (κ3) is 5.96. The van der Waals surface area contributed by atoms with E-state index in [4.69, 9.17) is 37.8 Å². The molecule has 2 aliphatic carbocycles. The summed E-state index contributed by atoms with van der Waals surface area (Å²) in [6.45, 7) is 0.152. The number of hydrogen-bond donors (Lipinski definition) is 3. The van der Waals surface area contributed by atoms with Gasteiger partial charge in [-0.2, -0.15) is 5.01 Å². The first-order chi connectivity index (χ1) is 25.9. The summed E-state index contributed by atoms with van der Waals surface area (Å²) in [5.41, 5.74) is 2.94. The minimum absolute atomic E-state index is 0.000138. The number of rotatable bonds is 12. The number of anilines is 1. The third-order valence-electron chi connectivity index (χ3n) is 11.5. The lowest BCUT2D eigenvalue weighted by Gasteiger charge is -2.50. The van der Waals surface area contributed by atoms with Crippen LogP contribution >= 0.6 is 23.2 Å². The first kappa shape index (κ1) is 37.3. The van der Waals surface area contributed by atoms with Crippen LogP contribution in [0.5, 0.6) is 17.2 Å². The molecule has 0 bridgehead atoms. The number of aliphatic carboxylic acids is 1. The van der Waals surface area contributed by atoms with Gasteiger partial charge in [0.2, 0.25) is 11.8 Å². The molecule has 0 radical (unpaired) electrons. The topological polar surface area (TPSA) is 163 Å². The molecule has 54 heavy (non-hydrogen) atoms. The molecule has 1 saturated carbocycles. The highest BCUT2D eigenvalue weighted by atomic mass is 35.5. The molecule has 6 atom stereocenters. The van der Waals surface area contributed by atoms with E-state index in [9.17, 15) is 24.3 Å². The molecule has 12 nitrogen and oxygen atoms in total. The molecule has 2 aliphatic heterocycles. The van der Waals surface area contributed by atoms with Crippen LogP contribution in [0.4, 0.5) is 5.69 Å². The Balaban J connectivity index is 1.39. The van der Waals surface area contributed by atoms with Crippen molar-refractivity contribution in [2.24, 2.45) is 23.7 Å². The number of allylic oxidation sites excluding steroid dienone is 2. The summed E-state index contributed by atoms with van der Waals surface area (Å²) in [4.78, 5) is 70.8. The molecule has 0 aromatic heterocycles.